The quantitative estimate of drug-likeness (QED) is 0.290. The van der Waals surface area contributed by atoms with Crippen LogP contribution in [0.5, 0.6) is 5.75 Å². The molecule has 2 amide bonds. The van der Waals surface area contributed by atoms with Gasteiger partial charge in [-0.1, -0.05) is 60.9 Å². The smallest absolute Gasteiger partial charge is 0.253 e. The van der Waals surface area contributed by atoms with Gasteiger partial charge >= 0.3 is 0 Å². The van der Waals surface area contributed by atoms with Gasteiger partial charge in [0, 0.05) is 11.6 Å². The van der Waals surface area contributed by atoms with Gasteiger partial charge in [0.25, 0.3) is 5.91 Å². The first-order valence-electron chi connectivity index (χ1n) is 11.5. The summed E-state index contributed by atoms with van der Waals surface area (Å²) in [4.78, 5) is 25.6. The largest absolute Gasteiger partial charge is 0.495 e. The van der Waals surface area contributed by atoms with E-state index >= 15 is 0 Å². The normalized spacial score (nSPS) is 11.9. The average molecular weight is 551 g/mol. The average Bonchev–Trinajstić information content (AvgIpc) is 3.25. The van der Waals surface area contributed by atoms with Crippen molar-refractivity contribution in [3.63, 3.8) is 0 Å². The maximum Gasteiger partial charge on any atom is 0.253 e. The number of methoxy groups -OCH3 is 1. The van der Waals surface area contributed by atoms with E-state index in [1.807, 2.05) is 23.6 Å². The number of carbonyl (C=O) groups excluding carboxylic acids is 2. The van der Waals surface area contributed by atoms with E-state index in [4.69, 9.17) is 27.9 Å². The van der Waals surface area contributed by atoms with E-state index < -0.39 is 6.04 Å². The molecule has 0 bridgehead atoms. The number of nitrogens with one attached hydrogen (secondary N) is 2. The van der Waals surface area contributed by atoms with Gasteiger partial charge in [-0.3, -0.25) is 9.59 Å². The molecule has 3 aromatic rings. The minimum atomic E-state index is -0.395. The Bertz CT molecular complexity index is 1220. The van der Waals surface area contributed by atoms with Gasteiger partial charge in [-0.2, -0.15) is 0 Å². The highest BCUT2D eigenvalue weighted by molar-refractivity contribution is 7.99. The number of thioether (sulfide) groups is 1. The number of rotatable bonds is 11. The Hall–Kier alpha value is -2.75. The van der Waals surface area contributed by atoms with Crippen LogP contribution in [0.1, 0.15) is 49.4 Å². The van der Waals surface area contributed by atoms with Crippen LogP contribution < -0.4 is 15.4 Å². The Morgan fingerprint density at radius 3 is 2.56 bits per heavy atom. The SMILES string of the molecule is CCn1c(SCC(=O)Nc2ccccc2OC)nnc1[C@H](CC(C)C)NC(=O)c1ccc(Cl)cc1Cl. The molecule has 0 saturated carbocycles. The zero-order chi connectivity index (χ0) is 26.2. The number of aromatic nitrogens is 3. The first-order chi connectivity index (χ1) is 17.2. The van der Waals surface area contributed by atoms with E-state index in [-0.39, 0.29) is 28.5 Å². The molecule has 192 valence electrons. The summed E-state index contributed by atoms with van der Waals surface area (Å²) in [5.74, 6) is 1.11. The van der Waals surface area contributed by atoms with Crippen LogP contribution in [0.2, 0.25) is 10.0 Å². The number of amides is 2. The number of halogens is 2. The fraction of sp³-hybridized carbons (Fsp3) is 0.360. The summed E-state index contributed by atoms with van der Waals surface area (Å²) in [6.45, 7) is 6.68. The number of carbonyl (C=O) groups is 2. The third-order valence-corrected chi connectivity index (χ3v) is 6.79. The molecule has 0 aliphatic rings. The number of hydrogen-bond acceptors (Lipinski definition) is 6. The van der Waals surface area contributed by atoms with E-state index in [2.05, 4.69) is 34.7 Å². The van der Waals surface area contributed by atoms with Gasteiger partial charge in [-0.15, -0.1) is 10.2 Å². The van der Waals surface area contributed by atoms with E-state index in [0.717, 1.165) is 0 Å². The molecule has 36 heavy (non-hydrogen) atoms. The maximum atomic E-state index is 13.0. The highest BCUT2D eigenvalue weighted by Gasteiger charge is 2.25. The van der Waals surface area contributed by atoms with Crippen LogP contribution in [0, 0.1) is 5.92 Å². The molecule has 0 aliphatic carbocycles. The topological polar surface area (TPSA) is 98.1 Å². The third-order valence-electron chi connectivity index (χ3n) is 5.27. The van der Waals surface area contributed by atoms with Crippen molar-refractivity contribution in [3.05, 3.63) is 63.9 Å². The number of hydrogen-bond donors (Lipinski definition) is 2. The molecule has 0 saturated heterocycles. The minimum Gasteiger partial charge on any atom is -0.495 e. The monoisotopic (exact) mass is 549 g/mol. The lowest BCUT2D eigenvalue weighted by Crippen LogP contribution is -2.32. The van der Waals surface area contributed by atoms with E-state index in [1.165, 1.54) is 17.8 Å². The third kappa shape index (κ3) is 7.15. The van der Waals surface area contributed by atoms with Crippen molar-refractivity contribution in [1.29, 1.82) is 0 Å². The lowest BCUT2D eigenvalue weighted by molar-refractivity contribution is -0.113. The first-order valence-corrected chi connectivity index (χ1v) is 13.2. The zero-order valence-electron chi connectivity index (χ0n) is 20.5. The second kappa shape index (κ2) is 13.0. The maximum absolute atomic E-state index is 13.0. The van der Waals surface area contributed by atoms with Gasteiger partial charge in [0.1, 0.15) is 5.75 Å². The van der Waals surface area contributed by atoms with Crippen molar-refractivity contribution >= 4 is 52.5 Å². The van der Waals surface area contributed by atoms with Crippen LogP contribution in [0.25, 0.3) is 0 Å². The Balaban J connectivity index is 1.75. The molecule has 2 aromatic carbocycles. The molecule has 1 atom stereocenters. The fourth-order valence-electron chi connectivity index (χ4n) is 3.64. The highest BCUT2D eigenvalue weighted by Crippen LogP contribution is 2.28. The van der Waals surface area contributed by atoms with Gasteiger partial charge in [0.2, 0.25) is 5.91 Å². The van der Waals surface area contributed by atoms with Crippen molar-refractivity contribution < 1.29 is 14.3 Å². The van der Waals surface area contributed by atoms with Crippen molar-refractivity contribution in [2.45, 2.75) is 44.9 Å². The minimum absolute atomic E-state index is 0.137. The van der Waals surface area contributed by atoms with E-state index in [1.54, 1.807) is 31.4 Å². The Labute approximate surface area is 225 Å². The molecule has 3 rings (SSSR count). The zero-order valence-corrected chi connectivity index (χ0v) is 22.9. The van der Waals surface area contributed by atoms with Gasteiger partial charge in [0.05, 0.1) is 35.2 Å². The molecule has 0 spiro atoms. The molecule has 0 unspecified atom stereocenters. The summed E-state index contributed by atoms with van der Waals surface area (Å²) >= 11 is 13.5. The fourth-order valence-corrected chi connectivity index (χ4v) is 4.94. The second-order valence-corrected chi connectivity index (χ2v) is 10.2. The van der Waals surface area contributed by atoms with Crippen LogP contribution in [0.4, 0.5) is 5.69 Å². The number of anilines is 1. The summed E-state index contributed by atoms with van der Waals surface area (Å²) in [5.41, 5.74) is 0.934. The van der Waals surface area contributed by atoms with Crippen LogP contribution in [0.15, 0.2) is 47.6 Å². The predicted molar refractivity (Wildman–Crippen MR) is 144 cm³/mol. The standard InChI is InChI=1S/C25H29Cl2N5O3S/c1-5-32-23(20(12-15(2)3)29-24(34)17-11-10-16(26)13-18(17)27)30-31-25(32)36-14-22(33)28-19-8-6-7-9-21(19)35-4/h6-11,13,15,20H,5,12,14H2,1-4H3,(H,28,33)(H,29,34)/t20-/m0/s1. The molecule has 1 heterocycles. The van der Waals surface area contributed by atoms with Crippen molar-refractivity contribution in [2.24, 2.45) is 5.92 Å². The van der Waals surface area contributed by atoms with Crippen LogP contribution >= 0.6 is 35.0 Å². The molecule has 0 fully saturated rings. The number of ether oxygens (including phenoxy) is 1. The molecule has 0 aliphatic heterocycles. The van der Waals surface area contributed by atoms with Gasteiger partial charge in [0.15, 0.2) is 11.0 Å². The molecular formula is C25H29Cl2N5O3S. The van der Waals surface area contributed by atoms with Crippen molar-refractivity contribution in [3.8, 4) is 5.75 Å². The Kier molecular flexibility index (Phi) is 10.0. The molecule has 0 radical (unpaired) electrons. The number of benzene rings is 2. The first kappa shape index (κ1) is 27.8. The summed E-state index contributed by atoms with van der Waals surface area (Å²) in [6, 6.07) is 11.6. The van der Waals surface area contributed by atoms with E-state index in [0.29, 0.717) is 46.0 Å². The van der Waals surface area contributed by atoms with Gasteiger partial charge in [-0.25, -0.2) is 0 Å². The molecule has 1 aromatic heterocycles. The predicted octanol–water partition coefficient (Wildman–Crippen LogP) is 5.86. The molecule has 11 heteroatoms. The summed E-state index contributed by atoms with van der Waals surface area (Å²) in [6.07, 6.45) is 0.647. The second-order valence-electron chi connectivity index (χ2n) is 8.40. The van der Waals surface area contributed by atoms with E-state index in [9.17, 15) is 9.59 Å². The van der Waals surface area contributed by atoms with Crippen LogP contribution in [0.3, 0.4) is 0 Å². The Morgan fingerprint density at radius 2 is 1.89 bits per heavy atom. The molecule has 8 nitrogen and oxygen atoms in total. The molecule has 2 N–H and O–H groups in total. The summed E-state index contributed by atoms with van der Waals surface area (Å²) in [7, 11) is 1.55. The summed E-state index contributed by atoms with van der Waals surface area (Å²) < 4.78 is 7.20. The summed E-state index contributed by atoms with van der Waals surface area (Å²) in [5, 5.41) is 15.9. The Morgan fingerprint density at radius 1 is 1.14 bits per heavy atom. The van der Waals surface area contributed by atoms with Crippen molar-refractivity contribution in [2.75, 3.05) is 18.2 Å². The lowest BCUT2D eigenvalue weighted by atomic mass is 10.0. The number of para-hydroxylation sites is 2. The van der Waals surface area contributed by atoms with Crippen molar-refractivity contribution in [1.82, 2.24) is 20.1 Å². The highest BCUT2D eigenvalue weighted by atomic mass is 35.5. The van der Waals surface area contributed by atoms with Crippen LogP contribution in [-0.4, -0.2) is 39.4 Å². The molecular weight excluding hydrogens is 521 g/mol. The van der Waals surface area contributed by atoms with Crippen LogP contribution in [-0.2, 0) is 11.3 Å². The van der Waals surface area contributed by atoms with Gasteiger partial charge in [-0.05, 0) is 49.6 Å². The number of nitrogens with zero attached hydrogens (tertiary/aromatic N) is 3. The van der Waals surface area contributed by atoms with Gasteiger partial charge < -0.3 is 19.9 Å². The lowest BCUT2D eigenvalue weighted by Gasteiger charge is -2.21.